The van der Waals surface area contributed by atoms with Crippen LogP contribution < -0.4 is 14.4 Å². The van der Waals surface area contributed by atoms with E-state index in [0.717, 1.165) is 39.9 Å². The number of amides is 2. The molecule has 0 bridgehead atoms. The van der Waals surface area contributed by atoms with Crippen molar-refractivity contribution in [3.05, 3.63) is 95.6 Å². The van der Waals surface area contributed by atoms with Gasteiger partial charge in [-0.2, -0.15) is 13.2 Å². The minimum atomic E-state index is -4.65. The average molecular weight is 620 g/mol. The maximum Gasteiger partial charge on any atom is 0.416 e. The fourth-order valence-corrected chi connectivity index (χ4v) is 5.61. The van der Waals surface area contributed by atoms with Crippen molar-refractivity contribution in [1.82, 2.24) is 10.2 Å². The molecule has 0 radical (unpaired) electrons. The maximum absolute atomic E-state index is 13.8. The second kappa shape index (κ2) is 14.9. The molecule has 3 aromatic rings. The molecule has 0 spiro atoms. The number of methoxy groups -OCH3 is 1. The summed E-state index contributed by atoms with van der Waals surface area (Å²) in [7, 11) is -2.45. The molecule has 0 aliphatic heterocycles. The zero-order valence-corrected chi connectivity index (χ0v) is 25.1. The first-order chi connectivity index (χ1) is 20.3. The molecule has 0 heterocycles. The first-order valence-corrected chi connectivity index (χ1v) is 15.6. The molecule has 1 N–H and O–H groups in total. The maximum atomic E-state index is 13.8. The normalized spacial score (nSPS) is 12.3. The molecule has 8 nitrogen and oxygen atoms in total. The van der Waals surface area contributed by atoms with Gasteiger partial charge in [0.25, 0.3) is 0 Å². The van der Waals surface area contributed by atoms with Crippen molar-refractivity contribution in [3.8, 4) is 5.75 Å². The molecule has 0 saturated heterocycles. The van der Waals surface area contributed by atoms with Crippen LogP contribution in [0, 0.1) is 0 Å². The summed E-state index contributed by atoms with van der Waals surface area (Å²) in [4.78, 5) is 28.6. The number of benzene rings is 3. The molecule has 0 fully saturated rings. The summed E-state index contributed by atoms with van der Waals surface area (Å²) in [6.45, 7) is 1.97. The summed E-state index contributed by atoms with van der Waals surface area (Å²) in [5, 5.41) is 2.81. The van der Waals surface area contributed by atoms with Gasteiger partial charge in [-0.05, 0) is 54.8 Å². The van der Waals surface area contributed by atoms with Crippen LogP contribution in [-0.4, -0.2) is 57.6 Å². The van der Waals surface area contributed by atoms with Crippen molar-refractivity contribution < 1.29 is 35.9 Å². The van der Waals surface area contributed by atoms with Gasteiger partial charge in [0.05, 0.1) is 24.6 Å². The Morgan fingerprint density at radius 1 is 0.953 bits per heavy atom. The topological polar surface area (TPSA) is 96.0 Å². The number of hydrogen-bond acceptors (Lipinski definition) is 5. The van der Waals surface area contributed by atoms with E-state index in [0.29, 0.717) is 12.3 Å². The van der Waals surface area contributed by atoms with Crippen LogP contribution in [0.15, 0.2) is 78.9 Å². The Balaban J connectivity index is 1.89. The molecular formula is C31H36F3N3O5S. The minimum Gasteiger partial charge on any atom is -0.497 e. The van der Waals surface area contributed by atoms with Gasteiger partial charge in [-0.3, -0.25) is 13.9 Å². The van der Waals surface area contributed by atoms with Gasteiger partial charge in [0, 0.05) is 32.5 Å². The Morgan fingerprint density at radius 3 is 2.26 bits per heavy atom. The molecule has 0 unspecified atom stereocenters. The summed E-state index contributed by atoms with van der Waals surface area (Å²) in [5.41, 5.74) is 0.430. The van der Waals surface area contributed by atoms with E-state index >= 15 is 0 Å². The molecule has 1 atom stereocenters. The largest absolute Gasteiger partial charge is 0.497 e. The highest BCUT2D eigenvalue weighted by atomic mass is 32.2. The highest BCUT2D eigenvalue weighted by Crippen LogP contribution is 2.32. The van der Waals surface area contributed by atoms with Gasteiger partial charge in [0.1, 0.15) is 11.8 Å². The lowest BCUT2D eigenvalue weighted by Crippen LogP contribution is -2.50. The third kappa shape index (κ3) is 9.74. The van der Waals surface area contributed by atoms with Crippen LogP contribution in [0.2, 0.25) is 0 Å². The van der Waals surface area contributed by atoms with Gasteiger partial charge in [-0.1, -0.05) is 48.5 Å². The number of sulfonamides is 1. The molecule has 2 amide bonds. The Labute approximate surface area is 250 Å². The first-order valence-electron chi connectivity index (χ1n) is 13.7. The Hall–Kier alpha value is -4.06. The second-order valence-electron chi connectivity index (χ2n) is 9.96. The van der Waals surface area contributed by atoms with Crippen molar-refractivity contribution in [2.45, 2.75) is 44.9 Å². The van der Waals surface area contributed by atoms with E-state index in [1.165, 1.54) is 18.1 Å². The van der Waals surface area contributed by atoms with E-state index in [2.05, 4.69) is 5.32 Å². The zero-order valence-electron chi connectivity index (χ0n) is 24.3. The molecule has 12 heteroatoms. The van der Waals surface area contributed by atoms with Gasteiger partial charge < -0.3 is 15.0 Å². The smallest absolute Gasteiger partial charge is 0.416 e. The third-order valence-electron chi connectivity index (χ3n) is 6.72. The van der Waals surface area contributed by atoms with Crippen LogP contribution in [0.25, 0.3) is 0 Å². The fourth-order valence-electron chi connectivity index (χ4n) is 4.65. The van der Waals surface area contributed by atoms with Crippen LogP contribution in [-0.2, 0) is 38.8 Å². The predicted molar refractivity (Wildman–Crippen MR) is 159 cm³/mol. The number of ether oxygens (including phenoxy) is 1. The number of carbonyl (C=O) groups excluding carboxylic acids is 2. The highest BCUT2D eigenvalue weighted by Gasteiger charge is 2.32. The molecule has 43 heavy (non-hydrogen) atoms. The van der Waals surface area contributed by atoms with Gasteiger partial charge in [-0.25, -0.2) is 8.42 Å². The number of likely N-dealkylation sites (N-methyl/N-ethyl adjacent to an activating group) is 1. The van der Waals surface area contributed by atoms with E-state index in [1.54, 1.807) is 31.2 Å². The van der Waals surface area contributed by atoms with Crippen molar-refractivity contribution in [2.24, 2.45) is 0 Å². The molecule has 0 aliphatic carbocycles. The quantitative estimate of drug-likeness (QED) is 0.273. The minimum absolute atomic E-state index is 0.00418. The van der Waals surface area contributed by atoms with Crippen molar-refractivity contribution in [3.63, 3.8) is 0 Å². The average Bonchev–Trinajstić information content (AvgIpc) is 2.96. The van der Waals surface area contributed by atoms with E-state index in [9.17, 15) is 31.2 Å². The van der Waals surface area contributed by atoms with Crippen molar-refractivity contribution in [2.75, 3.05) is 30.8 Å². The first kappa shape index (κ1) is 33.4. The van der Waals surface area contributed by atoms with Crippen LogP contribution >= 0.6 is 0 Å². The van der Waals surface area contributed by atoms with Crippen LogP contribution in [0.3, 0.4) is 0 Å². The van der Waals surface area contributed by atoms with E-state index in [-0.39, 0.29) is 43.9 Å². The molecule has 232 valence electrons. The van der Waals surface area contributed by atoms with Crippen LogP contribution in [0.5, 0.6) is 5.75 Å². The lowest BCUT2D eigenvalue weighted by molar-refractivity contribution is -0.141. The second-order valence-corrected chi connectivity index (χ2v) is 11.9. The lowest BCUT2D eigenvalue weighted by atomic mass is 10.0. The predicted octanol–water partition coefficient (Wildman–Crippen LogP) is 5.04. The molecule has 3 aromatic carbocycles. The lowest BCUT2D eigenvalue weighted by Gasteiger charge is -2.32. The number of rotatable bonds is 14. The molecule has 0 aromatic heterocycles. The summed E-state index contributed by atoms with van der Waals surface area (Å²) < 4.78 is 71.2. The standard InChI is InChI=1S/C31H36F3N3O5S/c1-4-35-30(39)28(20-23-11-6-5-7-12-23)36(22-24-13-8-16-27(19-24)42-2)29(38)17-10-18-37(43(3,40)41)26-15-9-14-25(21-26)31(32,33)34/h5-9,11-16,19,21,28H,4,10,17-18,20,22H2,1-3H3,(H,35,39)/t28-/m1/s1. The Bertz CT molecular complexity index is 1480. The number of carbonyl (C=O) groups is 2. The van der Waals surface area contributed by atoms with Crippen molar-refractivity contribution in [1.29, 1.82) is 0 Å². The third-order valence-corrected chi connectivity index (χ3v) is 7.92. The van der Waals surface area contributed by atoms with Gasteiger partial charge in [-0.15, -0.1) is 0 Å². The van der Waals surface area contributed by atoms with Gasteiger partial charge in [0.2, 0.25) is 21.8 Å². The van der Waals surface area contributed by atoms with E-state index in [1.807, 2.05) is 30.3 Å². The number of alkyl halides is 3. The number of hydrogen-bond donors (Lipinski definition) is 1. The number of anilines is 1. The van der Waals surface area contributed by atoms with Gasteiger partial charge >= 0.3 is 6.18 Å². The Kier molecular flexibility index (Phi) is 11.6. The SMILES string of the molecule is CCNC(=O)[C@@H](Cc1ccccc1)N(Cc1cccc(OC)c1)C(=O)CCCN(c1cccc(C(F)(F)F)c1)S(C)(=O)=O. The summed E-state index contributed by atoms with van der Waals surface area (Å²) in [5.74, 6) is -0.177. The number of nitrogens with zero attached hydrogens (tertiary/aromatic N) is 2. The van der Waals surface area contributed by atoms with E-state index in [4.69, 9.17) is 4.74 Å². The molecule has 3 rings (SSSR count). The molecule has 0 aliphatic rings. The zero-order chi connectivity index (χ0) is 31.6. The molecular weight excluding hydrogens is 583 g/mol. The summed E-state index contributed by atoms with van der Waals surface area (Å²) in [6.07, 6.45) is -3.66. The van der Waals surface area contributed by atoms with Crippen LogP contribution in [0.4, 0.5) is 18.9 Å². The highest BCUT2D eigenvalue weighted by molar-refractivity contribution is 7.92. The number of nitrogens with one attached hydrogen (secondary N) is 1. The summed E-state index contributed by atoms with van der Waals surface area (Å²) >= 11 is 0. The monoisotopic (exact) mass is 619 g/mol. The van der Waals surface area contributed by atoms with Crippen molar-refractivity contribution >= 4 is 27.5 Å². The summed E-state index contributed by atoms with van der Waals surface area (Å²) in [6, 6.07) is 19.5. The fraction of sp³-hybridized carbons (Fsp3) is 0.355. The molecule has 0 saturated carbocycles. The Morgan fingerprint density at radius 2 is 1.63 bits per heavy atom. The number of halogens is 3. The van der Waals surface area contributed by atoms with Crippen LogP contribution in [0.1, 0.15) is 36.5 Å². The van der Waals surface area contributed by atoms with Gasteiger partial charge in [0.15, 0.2) is 0 Å². The van der Waals surface area contributed by atoms with E-state index < -0.39 is 33.7 Å².